The molecule has 5 nitrogen and oxygen atoms in total. The van der Waals surface area contributed by atoms with E-state index < -0.39 is 5.82 Å². The van der Waals surface area contributed by atoms with Crippen molar-refractivity contribution in [2.24, 2.45) is 5.92 Å². The molecular weight excluding hydrogens is 273 g/mol. The van der Waals surface area contributed by atoms with Crippen molar-refractivity contribution in [2.45, 2.75) is 44.6 Å². The first-order valence-corrected chi connectivity index (χ1v) is 7.62. The van der Waals surface area contributed by atoms with Crippen molar-refractivity contribution in [2.75, 3.05) is 13.1 Å². The lowest BCUT2D eigenvalue weighted by atomic mass is 10.0. The summed E-state index contributed by atoms with van der Waals surface area (Å²) < 4.78 is 18.3. The molecule has 21 heavy (non-hydrogen) atoms. The van der Waals surface area contributed by atoms with Crippen molar-refractivity contribution >= 4 is 5.91 Å². The monoisotopic (exact) mass is 293 g/mol. The summed E-state index contributed by atoms with van der Waals surface area (Å²) in [5.74, 6) is 0.313. The minimum Gasteiger partial charge on any atom is -0.458 e. The molecule has 2 aliphatic rings. The van der Waals surface area contributed by atoms with E-state index >= 15 is 0 Å². The van der Waals surface area contributed by atoms with Gasteiger partial charge < -0.3 is 9.64 Å². The predicted octanol–water partition coefficient (Wildman–Crippen LogP) is 2.18. The van der Waals surface area contributed by atoms with Gasteiger partial charge in [0.05, 0.1) is 18.9 Å². The number of halogens is 1. The van der Waals surface area contributed by atoms with Gasteiger partial charge in [0.25, 0.3) is 0 Å². The van der Waals surface area contributed by atoms with Crippen LogP contribution in [-0.2, 0) is 4.79 Å². The zero-order valence-electron chi connectivity index (χ0n) is 12.0. The topological polar surface area (TPSA) is 55.3 Å². The largest absolute Gasteiger partial charge is 0.458 e. The van der Waals surface area contributed by atoms with Gasteiger partial charge in [0.15, 0.2) is 5.82 Å². The van der Waals surface area contributed by atoms with Crippen LogP contribution >= 0.6 is 0 Å². The van der Waals surface area contributed by atoms with Crippen molar-refractivity contribution in [1.29, 1.82) is 0 Å². The molecule has 0 bridgehead atoms. The summed E-state index contributed by atoms with van der Waals surface area (Å²) in [5.41, 5.74) is 0. The fraction of sp³-hybridized carbons (Fsp3) is 0.667. The number of hydrogen-bond acceptors (Lipinski definition) is 4. The van der Waals surface area contributed by atoms with E-state index in [4.69, 9.17) is 4.74 Å². The molecule has 1 aliphatic carbocycles. The summed E-state index contributed by atoms with van der Waals surface area (Å²) in [7, 11) is 0. The van der Waals surface area contributed by atoms with Crippen LogP contribution in [0.5, 0.6) is 6.01 Å². The standard InChI is InChI=1S/C15H20FN3O2/c16-12-8-17-15(18-9-12)21-13-5-6-19(10-13)14(20)7-11-3-1-2-4-11/h8-9,11,13H,1-7,10H2. The second-order valence-electron chi connectivity index (χ2n) is 5.91. The maximum atomic E-state index is 12.7. The molecule has 0 aromatic carbocycles. The van der Waals surface area contributed by atoms with E-state index in [2.05, 4.69) is 9.97 Å². The molecule has 3 rings (SSSR count). The number of rotatable bonds is 4. The normalized spacial score (nSPS) is 22.7. The van der Waals surface area contributed by atoms with Crippen LogP contribution < -0.4 is 4.74 Å². The number of carbonyl (C=O) groups excluding carboxylic acids is 1. The van der Waals surface area contributed by atoms with Crippen LogP contribution in [0.15, 0.2) is 12.4 Å². The number of amides is 1. The summed E-state index contributed by atoms with van der Waals surface area (Å²) in [6.45, 7) is 1.30. The summed E-state index contributed by atoms with van der Waals surface area (Å²) in [6, 6.07) is 0.173. The van der Waals surface area contributed by atoms with Crippen LogP contribution in [0.25, 0.3) is 0 Å². The molecule has 1 aliphatic heterocycles. The van der Waals surface area contributed by atoms with E-state index in [1.54, 1.807) is 0 Å². The molecule has 0 spiro atoms. The Hall–Kier alpha value is -1.72. The van der Waals surface area contributed by atoms with Gasteiger partial charge in [-0.1, -0.05) is 12.8 Å². The van der Waals surface area contributed by atoms with Crippen LogP contribution in [0.4, 0.5) is 4.39 Å². The SMILES string of the molecule is O=C(CC1CCCC1)N1CCC(Oc2ncc(F)cn2)C1. The highest BCUT2D eigenvalue weighted by molar-refractivity contribution is 5.76. The molecule has 1 saturated heterocycles. The smallest absolute Gasteiger partial charge is 0.316 e. The van der Waals surface area contributed by atoms with Gasteiger partial charge in [0.1, 0.15) is 6.10 Å². The Kier molecular flexibility index (Phi) is 4.31. The molecule has 1 amide bonds. The number of ether oxygens (including phenoxy) is 1. The van der Waals surface area contributed by atoms with E-state index in [1.165, 1.54) is 25.7 Å². The van der Waals surface area contributed by atoms with Crippen LogP contribution in [0.1, 0.15) is 38.5 Å². The molecule has 1 aromatic heterocycles. The molecular formula is C15H20FN3O2. The molecule has 2 fully saturated rings. The highest BCUT2D eigenvalue weighted by atomic mass is 19.1. The summed E-state index contributed by atoms with van der Waals surface area (Å²) >= 11 is 0. The van der Waals surface area contributed by atoms with E-state index in [9.17, 15) is 9.18 Å². The Morgan fingerprint density at radius 2 is 2.00 bits per heavy atom. The molecule has 114 valence electrons. The molecule has 1 atom stereocenters. The van der Waals surface area contributed by atoms with E-state index in [1.807, 2.05) is 4.90 Å². The fourth-order valence-electron chi connectivity index (χ4n) is 3.15. The average Bonchev–Trinajstić information content (AvgIpc) is 3.13. The van der Waals surface area contributed by atoms with E-state index in [-0.39, 0.29) is 18.0 Å². The van der Waals surface area contributed by atoms with Crippen molar-refractivity contribution in [3.8, 4) is 6.01 Å². The summed E-state index contributed by atoms with van der Waals surface area (Å²) in [6.07, 6.45) is 8.39. The third-order valence-corrected chi connectivity index (χ3v) is 4.30. The second kappa shape index (κ2) is 6.37. The zero-order chi connectivity index (χ0) is 14.7. The zero-order valence-corrected chi connectivity index (χ0v) is 12.0. The minimum absolute atomic E-state index is 0.0945. The van der Waals surface area contributed by atoms with Gasteiger partial charge in [-0.2, -0.15) is 0 Å². The van der Waals surface area contributed by atoms with Crippen molar-refractivity contribution in [3.63, 3.8) is 0 Å². The van der Waals surface area contributed by atoms with Crippen LogP contribution in [0, 0.1) is 11.7 Å². The number of aromatic nitrogens is 2. The van der Waals surface area contributed by atoms with Gasteiger partial charge in [0, 0.05) is 19.4 Å². The molecule has 6 heteroatoms. The average molecular weight is 293 g/mol. The number of hydrogen-bond donors (Lipinski definition) is 0. The maximum absolute atomic E-state index is 12.7. The Bertz CT molecular complexity index is 488. The van der Waals surface area contributed by atoms with E-state index in [0.717, 1.165) is 25.4 Å². The first kappa shape index (κ1) is 14.2. The van der Waals surface area contributed by atoms with Crippen LogP contribution in [0.2, 0.25) is 0 Å². The number of likely N-dealkylation sites (tertiary alicyclic amines) is 1. The molecule has 0 N–H and O–H groups in total. The van der Waals surface area contributed by atoms with Gasteiger partial charge in [-0.25, -0.2) is 14.4 Å². The van der Waals surface area contributed by atoms with Crippen molar-refractivity contribution in [3.05, 3.63) is 18.2 Å². The van der Waals surface area contributed by atoms with Crippen LogP contribution in [-0.4, -0.2) is 40.0 Å². The Morgan fingerprint density at radius 1 is 1.29 bits per heavy atom. The lowest BCUT2D eigenvalue weighted by Crippen LogP contribution is -2.32. The third-order valence-electron chi connectivity index (χ3n) is 4.30. The van der Waals surface area contributed by atoms with Crippen molar-refractivity contribution in [1.82, 2.24) is 14.9 Å². The molecule has 1 saturated carbocycles. The first-order valence-electron chi connectivity index (χ1n) is 7.62. The number of nitrogens with zero attached hydrogens (tertiary/aromatic N) is 3. The maximum Gasteiger partial charge on any atom is 0.316 e. The van der Waals surface area contributed by atoms with Crippen LogP contribution in [0.3, 0.4) is 0 Å². The van der Waals surface area contributed by atoms with Crippen molar-refractivity contribution < 1.29 is 13.9 Å². The fourth-order valence-corrected chi connectivity index (χ4v) is 3.15. The first-order chi connectivity index (χ1) is 10.2. The lowest BCUT2D eigenvalue weighted by Gasteiger charge is -2.18. The second-order valence-corrected chi connectivity index (χ2v) is 5.91. The van der Waals surface area contributed by atoms with Gasteiger partial charge in [-0.3, -0.25) is 4.79 Å². The van der Waals surface area contributed by atoms with Gasteiger partial charge in [-0.05, 0) is 18.8 Å². The van der Waals surface area contributed by atoms with E-state index in [0.29, 0.717) is 18.9 Å². The highest BCUT2D eigenvalue weighted by Gasteiger charge is 2.30. The van der Waals surface area contributed by atoms with Gasteiger partial charge in [-0.15, -0.1) is 0 Å². The lowest BCUT2D eigenvalue weighted by molar-refractivity contribution is -0.131. The third kappa shape index (κ3) is 3.68. The summed E-state index contributed by atoms with van der Waals surface area (Å²) in [5, 5.41) is 0. The summed E-state index contributed by atoms with van der Waals surface area (Å²) in [4.78, 5) is 21.7. The molecule has 0 radical (unpaired) electrons. The van der Waals surface area contributed by atoms with Gasteiger partial charge in [0.2, 0.25) is 5.91 Å². The van der Waals surface area contributed by atoms with Gasteiger partial charge >= 0.3 is 6.01 Å². The predicted molar refractivity (Wildman–Crippen MR) is 74.2 cm³/mol. The Balaban J connectivity index is 1.48. The quantitative estimate of drug-likeness (QED) is 0.854. The Morgan fingerprint density at radius 3 is 2.71 bits per heavy atom. The minimum atomic E-state index is -0.484. The highest BCUT2D eigenvalue weighted by Crippen LogP contribution is 2.28. The molecule has 2 heterocycles. The molecule has 1 unspecified atom stereocenters. The Labute approximate surface area is 123 Å². The number of carbonyl (C=O) groups is 1. The molecule has 1 aromatic rings.